The number of hydrogen-bond donors (Lipinski definition) is 2. The lowest BCUT2D eigenvalue weighted by Crippen LogP contribution is -2.34. The standard InChI is InChI=1S/C12H7BrF3N3O2S/c13-7-4-2-1-3-6(7)9(20)18-10(21)19-11-17-8(5-22-11)12(14,15)16/h1-5H,(H2,17,18,19,20,21). The van der Waals surface area contributed by atoms with Crippen LogP contribution in [0.5, 0.6) is 0 Å². The van der Waals surface area contributed by atoms with Crippen molar-refractivity contribution in [2.24, 2.45) is 0 Å². The third-order valence-electron chi connectivity index (χ3n) is 2.36. The van der Waals surface area contributed by atoms with E-state index in [1.54, 1.807) is 18.2 Å². The SMILES string of the molecule is O=C(NC(=O)c1ccccc1Br)Nc1nc(C(F)(F)F)cs1. The van der Waals surface area contributed by atoms with Gasteiger partial charge in [-0.2, -0.15) is 13.2 Å². The highest BCUT2D eigenvalue weighted by Gasteiger charge is 2.33. The molecule has 0 spiro atoms. The largest absolute Gasteiger partial charge is 0.434 e. The highest BCUT2D eigenvalue weighted by molar-refractivity contribution is 9.10. The summed E-state index contributed by atoms with van der Waals surface area (Å²) in [5, 5.41) is 4.59. The van der Waals surface area contributed by atoms with Gasteiger partial charge >= 0.3 is 12.2 Å². The van der Waals surface area contributed by atoms with Crippen molar-refractivity contribution in [3.05, 3.63) is 45.4 Å². The first kappa shape index (κ1) is 16.4. The number of hydrogen-bond acceptors (Lipinski definition) is 4. The molecule has 0 saturated carbocycles. The summed E-state index contributed by atoms with van der Waals surface area (Å²) in [6.07, 6.45) is -4.59. The molecule has 0 aliphatic heterocycles. The van der Waals surface area contributed by atoms with Crippen molar-refractivity contribution < 1.29 is 22.8 Å². The summed E-state index contributed by atoms with van der Waals surface area (Å²) in [6, 6.07) is 5.42. The zero-order chi connectivity index (χ0) is 16.3. The minimum absolute atomic E-state index is 0.216. The third kappa shape index (κ3) is 4.04. The maximum Gasteiger partial charge on any atom is 0.434 e. The van der Waals surface area contributed by atoms with Crippen molar-refractivity contribution >= 4 is 44.3 Å². The van der Waals surface area contributed by atoms with Gasteiger partial charge in [-0.25, -0.2) is 9.78 Å². The molecule has 10 heteroatoms. The highest BCUT2D eigenvalue weighted by atomic mass is 79.9. The predicted octanol–water partition coefficient (Wildman–Crippen LogP) is 3.89. The Bertz CT molecular complexity index is 718. The fourth-order valence-electron chi connectivity index (χ4n) is 1.41. The van der Waals surface area contributed by atoms with Crippen LogP contribution in [0, 0.1) is 0 Å². The lowest BCUT2D eigenvalue weighted by Gasteiger charge is -2.06. The van der Waals surface area contributed by atoms with Crippen LogP contribution in [0.1, 0.15) is 16.1 Å². The molecular weight excluding hydrogens is 387 g/mol. The summed E-state index contributed by atoms with van der Waals surface area (Å²) >= 11 is 3.76. The maximum atomic E-state index is 12.4. The summed E-state index contributed by atoms with van der Waals surface area (Å²) in [5.74, 6) is -0.697. The average Bonchev–Trinajstić information content (AvgIpc) is 2.87. The summed E-state index contributed by atoms with van der Waals surface area (Å²) in [5.41, 5.74) is -0.891. The molecule has 1 heterocycles. The third-order valence-corrected chi connectivity index (χ3v) is 3.81. The number of anilines is 1. The van der Waals surface area contributed by atoms with Gasteiger partial charge in [0.1, 0.15) is 0 Å². The van der Waals surface area contributed by atoms with Gasteiger partial charge in [-0.05, 0) is 28.1 Å². The summed E-state index contributed by atoms with van der Waals surface area (Å²) in [6.45, 7) is 0. The van der Waals surface area contributed by atoms with Gasteiger partial charge in [-0.1, -0.05) is 12.1 Å². The van der Waals surface area contributed by atoms with E-state index in [4.69, 9.17) is 0 Å². The molecule has 22 heavy (non-hydrogen) atoms. The minimum atomic E-state index is -4.59. The van der Waals surface area contributed by atoms with E-state index in [9.17, 15) is 22.8 Å². The number of alkyl halides is 3. The number of thiazole rings is 1. The number of nitrogens with one attached hydrogen (secondary N) is 2. The number of nitrogens with zero attached hydrogens (tertiary/aromatic N) is 1. The first-order valence-electron chi connectivity index (χ1n) is 5.67. The van der Waals surface area contributed by atoms with Crippen LogP contribution < -0.4 is 10.6 Å². The second kappa shape index (κ2) is 6.44. The quantitative estimate of drug-likeness (QED) is 0.812. The molecule has 0 aliphatic rings. The zero-order valence-electron chi connectivity index (χ0n) is 10.6. The molecule has 2 aromatic rings. The van der Waals surface area contributed by atoms with E-state index in [-0.39, 0.29) is 10.7 Å². The zero-order valence-corrected chi connectivity index (χ0v) is 13.0. The summed E-state index contributed by atoms with van der Waals surface area (Å²) in [7, 11) is 0. The number of rotatable bonds is 2. The van der Waals surface area contributed by atoms with E-state index in [2.05, 4.69) is 26.2 Å². The molecule has 1 aromatic carbocycles. The molecule has 3 amide bonds. The number of amides is 3. The second-order valence-corrected chi connectivity index (χ2v) is 5.64. The van der Waals surface area contributed by atoms with E-state index in [0.29, 0.717) is 15.8 Å². The molecule has 5 nitrogen and oxygen atoms in total. The van der Waals surface area contributed by atoms with E-state index in [0.717, 1.165) is 5.38 Å². The monoisotopic (exact) mass is 393 g/mol. The Morgan fingerprint density at radius 3 is 2.50 bits per heavy atom. The molecular formula is C12H7BrF3N3O2S. The van der Waals surface area contributed by atoms with Gasteiger partial charge in [0.25, 0.3) is 5.91 Å². The maximum absolute atomic E-state index is 12.4. The van der Waals surface area contributed by atoms with Gasteiger partial charge in [0.2, 0.25) is 0 Å². The van der Waals surface area contributed by atoms with Crippen LogP contribution in [0.4, 0.5) is 23.1 Å². The molecule has 0 bridgehead atoms. The Hall–Kier alpha value is -1.94. The number of carbonyl (C=O) groups is 2. The fraction of sp³-hybridized carbons (Fsp3) is 0.0833. The first-order valence-corrected chi connectivity index (χ1v) is 7.34. The Kier molecular flexibility index (Phi) is 4.81. The Balaban J connectivity index is 2.00. The van der Waals surface area contributed by atoms with Crippen LogP contribution in [0.3, 0.4) is 0 Å². The number of urea groups is 1. The fourth-order valence-corrected chi connectivity index (χ4v) is 2.58. The normalized spacial score (nSPS) is 11.1. The summed E-state index contributed by atoms with van der Waals surface area (Å²) in [4.78, 5) is 26.6. The molecule has 2 rings (SSSR count). The van der Waals surface area contributed by atoms with Crippen LogP contribution in [-0.4, -0.2) is 16.9 Å². The van der Waals surface area contributed by atoms with Crippen LogP contribution in [-0.2, 0) is 6.18 Å². The van der Waals surface area contributed by atoms with Crippen molar-refractivity contribution in [1.29, 1.82) is 0 Å². The van der Waals surface area contributed by atoms with Crippen molar-refractivity contribution in [2.45, 2.75) is 6.18 Å². The number of aromatic nitrogens is 1. The van der Waals surface area contributed by atoms with E-state index < -0.39 is 23.8 Å². The minimum Gasteiger partial charge on any atom is -0.283 e. The van der Waals surface area contributed by atoms with Gasteiger partial charge < -0.3 is 0 Å². The molecule has 1 aromatic heterocycles. The molecule has 0 atom stereocenters. The molecule has 0 saturated heterocycles. The summed E-state index contributed by atoms with van der Waals surface area (Å²) < 4.78 is 37.6. The van der Waals surface area contributed by atoms with Crippen LogP contribution in [0.15, 0.2) is 34.1 Å². The van der Waals surface area contributed by atoms with Crippen LogP contribution in [0.2, 0.25) is 0 Å². The van der Waals surface area contributed by atoms with Gasteiger partial charge in [-0.15, -0.1) is 11.3 Å². The highest BCUT2D eigenvalue weighted by Crippen LogP contribution is 2.31. The first-order chi connectivity index (χ1) is 10.3. The van der Waals surface area contributed by atoms with E-state index in [1.165, 1.54) is 6.07 Å². The van der Waals surface area contributed by atoms with E-state index >= 15 is 0 Å². The number of halogens is 4. The number of imide groups is 1. The van der Waals surface area contributed by atoms with Crippen molar-refractivity contribution in [2.75, 3.05) is 5.32 Å². The van der Waals surface area contributed by atoms with Crippen molar-refractivity contribution in [3.8, 4) is 0 Å². The van der Waals surface area contributed by atoms with Gasteiger partial charge in [0.05, 0.1) is 5.56 Å². The second-order valence-electron chi connectivity index (χ2n) is 3.92. The predicted molar refractivity (Wildman–Crippen MR) is 77.7 cm³/mol. The van der Waals surface area contributed by atoms with Crippen molar-refractivity contribution in [1.82, 2.24) is 10.3 Å². The molecule has 116 valence electrons. The van der Waals surface area contributed by atoms with Crippen LogP contribution >= 0.6 is 27.3 Å². The number of carbonyl (C=O) groups excluding carboxylic acids is 2. The molecule has 2 N–H and O–H groups in total. The molecule has 0 radical (unpaired) electrons. The van der Waals surface area contributed by atoms with Crippen LogP contribution in [0.25, 0.3) is 0 Å². The smallest absolute Gasteiger partial charge is 0.283 e. The molecule has 0 unspecified atom stereocenters. The van der Waals surface area contributed by atoms with E-state index in [1.807, 2.05) is 5.32 Å². The number of benzene rings is 1. The Labute approximate surface area is 134 Å². The molecule has 0 aliphatic carbocycles. The Morgan fingerprint density at radius 2 is 1.91 bits per heavy atom. The molecule has 0 fully saturated rings. The lowest BCUT2D eigenvalue weighted by molar-refractivity contribution is -0.140. The topological polar surface area (TPSA) is 71.1 Å². The Morgan fingerprint density at radius 1 is 1.23 bits per heavy atom. The average molecular weight is 394 g/mol. The lowest BCUT2D eigenvalue weighted by atomic mass is 10.2. The van der Waals surface area contributed by atoms with Crippen molar-refractivity contribution in [3.63, 3.8) is 0 Å². The van der Waals surface area contributed by atoms with Gasteiger partial charge in [0, 0.05) is 9.85 Å². The van der Waals surface area contributed by atoms with Gasteiger partial charge in [-0.3, -0.25) is 15.4 Å². The van der Waals surface area contributed by atoms with Gasteiger partial charge in [0.15, 0.2) is 10.8 Å².